The van der Waals surface area contributed by atoms with Crippen molar-refractivity contribution in [1.29, 1.82) is 0 Å². The second-order valence-corrected chi connectivity index (χ2v) is 5.38. The topological polar surface area (TPSA) is 3.24 Å². The number of hydrogen-bond donors (Lipinski definition) is 0. The molecule has 0 heterocycles. The van der Waals surface area contributed by atoms with Crippen molar-refractivity contribution in [3.63, 3.8) is 0 Å². The van der Waals surface area contributed by atoms with Gasteiger partial charge in [-0.2, -0.15) is 0 Å². The Kier molecular flexibility index (Phi) is 7.20. The lowest BCUT2D eigenvalue weighted by molar-refractivity contribution is -0.870. The minimum absolute atomic E-state index is 1.10. The first-order valence-electron chi connectivity index (χ1n) is 5.94. The number of hydrogen-bond acceptors (Lipinski definition) is 1. The maximum Gasteiger partial charge on any atom is 0.0780 e. The molecule has 86 valence electrons. The van der Waals surface area contributed by atoms with E-state index in [1.807, 2.05) is 0 Å². The summed E-state index contributed by atoms with van der Waals surface area (Å²) in [6.45, 7) is 6.08. The first-order valence-corrected chi connectivity index (χ1v) is 5.94. The van der Waals surface area contributed by atoms with Gasteiger partial charge in [-0.15, -0.1) is 0 Å². The Balaban J connectivity index is 3.27. The smallest absolute Gasteiger partial charge is 0.0780 e. The van der Waals surface area contributed by atoms with Gasteiger partial charge in [-0.05, 0) is 39.4 Å². The van der Waals surface area contributed by atoms with E-state index in [0.29, 0.717) is 0 Å². The summed E-state index contributed by atoms with van der Waals surface area (Å²) in [5.41, 5.74) is 0. The predicted molar refractivity (Wildman–Crippen MR) is 64.5 cm³/mol. The average molecular weight is 201 g/mol. The van der Waals surface area contributed by atoms with Crippen LogP contribution in [0.3, 0.4) is 0 Å². The van der Waals surface area contributed by atoms with Gasteiger partial charge < -0.3 is 9.38 Å². The SMILES string of the molecule is CCCCN(C)CCCC[N+](C)(C)C. The van der Waals surface area contributed by atoms with Gasteiger partial charge in [-0.25, -0.2) is 0 Å². The molecule has 0 saturated carbocycles. The van der Waals surface area contributed by atoms with E-state index in [4.69, 9.17) is 0 Å². The van der Waals surface area contributed by atoms with E-state index in [-0.39, 0.29) is 0 Å². The van der Waals surface area contributed by atoms with Crippen molar-refractivity contribution in [3.8, 4) is 0 Å². The highest BCUT2D eigenvalue weighted by molar-refractivity contribution is 4.51. The van der Waals surface area contributed by atoms with Crippen LogP contribution in [-0.2, 0) is 0 Å². The second kappa shape index (κ2) is 7.24. The van der Waals surface area contributed by atoms with Crippen LogP contribution in [0.25, 0.3) is 0 Å². The van der Waals surface area contributed by atoms with Gasteiger partial charge >= 0.3 is 0 Å². The molecule has 0 spiro atoms. The molecule has 0 unspecified atom stereocenters. The van der Waals surface area contributed by atoms with E-state index in [9.17, 15) is 0 Å². The molecule has 0 amide bonds. The molecule has 0 fully saturated rings. The van der Waals surface area contributed by atoms with Crippen molar-refractivity contribution < 1.29 is 4.48 Å². The predicted octanol–water partition coefficient (Wildman–Crippen LogP) is 2.20. The molecule has 0 aromatic rings. The first-order chi connectivity index (χ1) is 6.45. The molecular formula is C12H29N2+. The fourth-order valence-electron chi connectivity index (χ4n) is 1.51. The standard InChI is InChI=1S/C12H29N2/c1-6-7-10-13(2)11-8-9-12-14(3,4)5/h6-12H2,1-5H3/q+1. The zero-order valence-electron chi connectivity index (χ0n) is 10.8. The summed E-state index contributed by atoms with van der Waals surface area (Å²) >= 11 is 0. The highest BCUT2D eigenvalue weighted by atomic mass is 15.3. The van der Waals surface area contributed by atoms with E-state index < -0.39 is 0 Å². The van der Waals surface area contributed by atoms with Crippen LogP contribution in [0.15, 0.2) is 0 Å². The molecule has 0 aliphatic rings. The van der Waals surface area contributed by atoms with Gasteiger partial charge in [0, 0.05) is 0 Å². The number of nitrogens with zero attached hydrogens (tertiary/aromatic N) is 2. The van der Waals surface area contributed by atoms with Crippen LogP contribution in [0.4, 0.5) is 0 Å². The largest absolute Gasteiger partial charge is 0.331 e. The monoisotopic (exact) mass is 201 g/mol. The van der Waals surface area contributed by atoms with Gasteiger partial charge in [0.05, 0.1) is 27.7 Å². The van der Waals surface area contributed by atoms with E-state index in [0.717, 1.165) is 4.48 Å². The van der Waals surface area contributed by atoms with Gasteiger partial charge in [0.25, 0.3) is 0 Å². The number of unbranched alkanes of at least 4 members (excludes halogenated alkanes) is 2. The molecule has 0 saturated heterocycles. The zero-order valence-corrected chi connectivity index (χ0v) is 10.8. The lowest BCUT2D eigenvalue weighted by Gasteiger charge is -2.24. The van der Waals surface area contributed by atoms with Crippen molar-refractivity contribution in [1.82, 2.24) is 4.90 Å². The van der Waals surface area contributed by atoms with Crippen LogP contribution >= 0.6 is 0 Å². The molecule has 14 heavy (non-hydrogen) atoms. The minimum atomic E-state index is 1.10. The third kappa shape index (κ3) is 10.0. The Morgan fingerprint density at radius 1 is 0.929 bits per heavy atom. The Morgan fingerprint density at radius 2 is 1.50 bits per heavy atom. The van der Waals surface area contributed by atoms with Crippen molar-refractivity contribution in [3.05, 3.63) is 0 Å². The lowest BCUT2D eigenvalue weighted by atomic mass is 10.2. The van der Waals surface area contributed by atoms with Gasteiger partial charge in [0.15, 0.2) is 0 Å². The zero-order chi connectivity index (χ0) is 11.0. The third-order valence-corrected chi connectivity index (χ3v) is 2.51. The minimum Gasteiger partial charge on any atom is -0.331 e. The Bertz CT molecular complexity index is 127. The molecule has 0 radical (unpaired) electrons. The molecular weight excluding hydrogens is 172 g/mol. The molecule has 0 aliphatic carbocycles. The average Bonchev–Trinajstić information content (AvgIpc) is 2.07. The quantitative estimate of drug-likeness (QED) is 0.430. The normalized spacial score (nSPS) is 12.4. The van der Waals surface area contributed by atoms with Crippen LogP contribution in [-0.4, -0.2) is 57.2 Å². The Morgan fingerprint density at radius 3 is 2.00 bits per heavy atom. The molecule has 2 heteroatoms. The summed E-state index contributed by atoms with van der Waals surface area (Å²) in [6, 6.07) is 0. The Hall–Kier alpha value is -0.0800. The van der Waals surface area contributed by atoms with Crippen LogP contribution in [0.2, 0.25) is 0 Å². The van der Waals surface area contributed by atoms with E-state index in [1.54, 1.807) is 0 Å². The molecule has 0 aliphatic heterocycles. The van der Waals surface area contributed by atoms with Crippen molar-refractivity contribution in [2.75, 3.05) is 47.8 Å². The van der Waals surface area contributed by atoms with E-state index in [2.05, 4.69) is 40.0 Å². The molecule has 0 N–H and O–H groups in total. The summed E-state index contributed by atoms with van der Waals surface area (Å²) in [5, 5.41) is 0. The van der Waals surface area contributed by atoms with Crippen LogP contribution in [0.1, 0.15) is 32.6 Å². The maximum absolute atomic E-state index is 2.46. The summed E-state index contributed by atoms with van der Waals surface area (Å²) < 4.78 is 1.10. The van der Waals surface area contributed by atoms with E-state index >= 15 is 0 Å². The third-order valence-electron chi connectivity index (χ3n) is 2.51. The van der Waals surface area contributed by atoms with Crippen molar-refractivity contribution in [2.24, 2.45) is 0 Å². The van der Waals surface area contributed by atoms with Gasteiger partial charge in [0.2, 0.25) is 0 Å². The van der Waals surface area contributed by atoms with Crippen molar-refractivity contribution >= 4 is 0 Å². The molecule has 0 aromatic heterocycles. The molecule has 2 nitrogen and oxygen atoms in total. The van der Waals surface area contributed by atoms with Gasteiger partial charge in [-0.1, -0.05) is 13.3 Å². The van der Waals surface area contributed by atoms with Crippen LogP contribution < -0.4 is 0 Å². The summed E-state index contributed by atoms with van der Waals surface area (Å²) in [7, 11) is 9.03. The number of rotatable bonds is 8. The molecule has 0 rings (SSSR count). The molecule has 0 bridgehead atoms. The maximum atomic E-state index is 2.46. The summed E-state index contributed by atoms with van der Waals surface area (Å²) in [5.74, 6) is 0. The highest BCUT2D eigenvalue weighted by Crippen LogP contribution is 1.99. The van der Waals surface area contributed by atoms with Crippen LogP contribution in [0, 0.1) is 0 Å². The van der Waals surface area contributed by atoms with Crippen molar-refractivity contribution in [2.45, 2.75) is 32.6 Å². The number of quaternary nitrogens is 1. The summed E-state index contributed by atoms with van der Waals surface area (Å²) in [4.78, 5) is 2.46. The van der Waals surface area contributed by atoms with Gasteiger partial charge in [0.1, 0.15) is 0 Å². The second-order valence-electron chi connectivity index (χ2n) is 5.38. The summed E-state index contributed by atoms with van der Waals surface area (Å²) in [6.07, 6.45) is 5.34. The Labute approximate surface area is 90.5 Å². The molecule has 0 atom stereocenters. The van der Waals surface area contributed by atoms with Gasteiger partial charge in [-0.3, -0.25) is 0 Å². The first kappa shape index (κ1) is 13.9. The van der Waals surface area contributed by atoms with Crippen LogP contribution in [0.5, 0.6) is 0 Å². The fourth-order valence-corrected chi connectivity index (χ4v) is 1.51. The fraction of sp³-hybridized carbons (Fsp3) is 1.00. The molecule has 0 aromatic carbocycles. The highest BCUT2D eigenvalue weighted by Gasteiger charge is 2.05. The van der Waals surface area contributed by atoms with E-state index in [1.165, 1.54) is 45.3 Å². The lowest BCUT2D eigenvalue weighted by Crippen LogP contribution is -2.35.